The lowest BCUT2D eigenvalue weighted by Gasteiger charge is -2.12. The Kier molecular flexibility index (Phi) is 8.30. The third kappa shape index (κ3) is 7.26. The SMILES string of the molecule is CCCC(F)OC(=O)NCC(=CF)Cc1ccc(C(C)C)cc1. The molecule has 1 rings (SSSR count). The van der Waals surface area contributed by atoms with E-state index in [1.54, 1.807) is 6.92 Å². The highest BCUT2D eigenvalue weighted by molar-refractivity contribution is 5.67. The lowest BCUT2D eigenvalue weighted by atomic mass is 9.99. The van der Waals surface area contributed by atoms with Crippen LogP contribution in [-0.4, -0.2) is 19.0 Å². The molecule has 1 atom stereocenters. The Hall–Kier alpha value is -1.91. The van der Waals surface area contributed by atoms with Crippen molar-refractivity contribution in [2.75, 3.05) is 6.54 Å². The smallest absolute Gasteiger partial charge is 0.409 e. The third-order valence-corrected chi connectivity index (χ3v) is 3.44. The molecule has 1 aromatic rings. The molecule has 1 amide bonds. The van der Waals surface area contributed by atoms with Crippen molar-refractivity contribution in [3.8, 4) is 0 Å². The minimum absolute atomic E-state index is 0.0138. The molecule has 0 aliphatic heterocycles. The molecular weight excluding hydrogens is 300 g/mol. The van der Waals surface area contributed by atoms with Crippen molar-refractivity contribution in [1.82, 2.24) is 5.32 Å². The number of carbonyl (C=O) groups is 1. The number of alkyl carbamates (subject to hydrolysis) is 1. The average Bonchev–Trinajstić information content (AvgIpc) is 2.52. The topological polar surface area (TPSA) is 38.3 Å². The number of amides is 1. The molecule has 128 valence electrons. The summed E-state index contributed by atoms with van der Waals surface area (Å²) in [6.45, 7) is 5.99. The van der Waals surface area contributed by atoms with Crippen molar-refractivity contribution in [3.63, 3.8) is 0 Å². The maximum atomic E-state index is 13.1. The van der Waals surface area contributed by atoms with Crippen molar-refractivity contribution < 1.29 is 18.3 Å². The van der Waals surface area contributed by atoms with Gasteiger partial charge in [0.1, 0.15) is 0 Å². The molecule has 0 radical (unpaired) electrons. The first kappa shape index (κ1) is 19.1. The molecule has 0 aromatic heterocycles. The predicted molar refractivity (Wildman–Crippen MR) is 87.7 cm³/mol. The Morgan fingerprint density at radius 1 is 1.30 bits per heavy atom. The zero-order chi connectivity index (χ0) is 17.2. The highest BCUT2D eigenvalue weighted by Gasteiger charge is 2.12. The number of ether oxygens (including phenoxy) is 1. The summed E-state index contributed by atoms with van der Waals surface area (Å²) in [5.41, 5.74) is 2.55. The van der Waals surface area contributed by atoms with Gasteiger partial charge in [-0.2, -0.15) is 0 Å². The van der Waals surface area contributed by atoms with Crippen LogP contribution in [0.15, 0.2) is 36.2 Å². The lowest BCUT2D eigenvalue weighted by Crippen LogP contribution is -2.29. The fraction of sp³-hybridized carbons (Fsp3) is 0.500. The zero-order valence-electron chi connectivity index (χ0n) is 13.9. The Morgan fingerprint density at radius 3 is 2.48 bits per heavy atom. The number of nitrogens with one attached hydrogen (secondary N) is 1. The number of hydrogen-bond acceptors (Lipinski definition) is 2. The number of benzene rings is 1. The Morgan fingerprint density at radius 2 is 1.96 bits per heavy atom. The Balaban J connectivity index is 2.47. The summed E-state index contributed by atoms with van der Waals surface area (Å²) in [4.78, 5) is 11.4. The van der Waals surface area contributed by atoms with E-state index < -0.39 is 12.5 Å². The minimum Gasteiger partial charge on any atom is -0.415 e. The van der Waals surface area contributed by atoms with Crippen LogP contribution in [0.4, 0.5) is 13.6 Å². The molecule has 0 fully saturated rings. The molecule has 3 nitrogen and oxygen atoms in total. The number of carbonyl (C=O) groups excluding carboxylic acids is 1. The second kappa shape index (κ2) is 9.98. The van der Waals surface area contributed by atoms with Crippen molar-refractivity contribution in [1.29, 1.82) is 0 Å². The number of hydrogen-bond donors (Lipinski definition) is 1. The van der Waals surface area contributed by atoms with Gasteiger partial charge in [0.15, 0.2) is 0 Å². The first-order valence-electron chi connectivity index (χ1n) is 7.91. The summed E-state index contributed by atoms with van der Waals surface area (Å²) < 4.78 is 30.6. The fourth-order valence-corrected chi connectivity index (χ4v) is 2.05. The van der Waals surface area contributed by atoms with Crippen molar-refractivity contribution >= 4 is 6.09 Å². The summed E-state index contributed by atoms with van der Waals surface area (Å²) in [6, 6.07) is 7.90. The van der Waals surface area contributed by atoms with Crippen LogP contribution < -0.4 is 5.32 Å². The molecule has 1 aromatic carbocycles. The quantitative estimate of drug-likeness (QED) is 0.728. The van der Waals surface area contributed by atoms with Crippen molar-refractivity contribution in [2.24, 2.45) is 0 Å². The van der Waals surface area contributed by atoms with E-state index in [1.807, 2.05) is 24.3 Å². The summed E-state index contributed by atoms with van der Waals surface area (Å²) >= 11 is 0. The maximum absolute atomic E-state index is 13.1. The molecule has 0 aliphatic rings. The van der Waals surface area contributed by atoms with Gasteiger partial charge in [-0.3, -0.25) is 0 Å². The van der Waals surface area contributed by atoms with Crippen LogP contribution in [0.2, 0.25) is 0 Å². The molecule has 0 spiro atoms. The van der Waals surface area contributed by atoms with Gasteiger partial charge in [-0.15, -0.1) is 0 Å². The normalized spacial score (nSPS) is 13.0. The Bertz CT molecular complexity index is 512. The molecule has 1 N–H and O–H groups in total. The van der Waals surface area contributed by atoms with Crippen LogP contribution in [-0.2, 0) is 11.2 Å². The van der Waals surface area contributed by atoms with Gasteiger partial charge in [-0.1, -0.05) is 45.0 Å². The van der Waals surface area contributed by atoms with Gasteiger partial charge >= 0.3 is 6.09 Å². The van der Waals surface area contributed by atoms with Crippen molar-refractivity contribution in [2.45, 2.75) is 52.3 Å². The Labute approximate surface area is 136 Å². The highest BCUT2D eigenvalue weighted by atomic mass is 19.1. The predicted octanol–water partition coefficient (Wildman–Crippen LogP) is 5.03. The van der Waals surface area contributed by atoms with Gasteiger partial charge in [0.05, 0.1) is 6.33 Å². The summed E-state index contributed by atoms with van der Waals surface area (Å²) in [5.74, 6) is 0.438. The molecule has 0 heterocycles. The summed E-state index contributed by atoms with van der Waals surface area (Å²) in [6.07, 6.45) is -0.918. The second-order valence-corrected chi connectivity index (χ2v) is 5.80. The molecule has 0 saturated heterocycles. The van der Waals surface area contributed by atoms with E-state index in [1.165, 1.54) is 5.56 Å². The van der Waals surface area contributed by atoms with E-state index in [-0.39, 0.29) is 13.0 Å². The monoisotopic (exact) mass is 325 g/mol. The molecule has 0 saturated carbocycles. The molecule has 0 bridgehead atoms. The molecule has 1 unspecified atom stereocenters. The highest BCUT2D eigenvalue weighted by Crippen LogP contribution is 2.16. The van der Waals surface area contributed by atoms with Crippen LogP contribution in [0, 0.1) is 0 Å². The van der Waals surface area contributed by atoms with Gasteiger partial charge in [-0.25, -0.2) is 13.6 Å². The first-order chi connectivity index (χ1) is 11.0. The largest absolute Gasteiger partial charge is 0.415 e. The van der Waals surface area contributed by atoms with Gasteiger partial charge in [-0.05, 0) is 35.5 Å². The molecule has 23 heavy (non-hydrogen) atoms. The fourth-order valence-electron chi connectivity index (χ4n) is 2.05. The minimum atomic E-state index is -1.62. The van der Waals surface area contributed by atoms with Crippen LogP contribution in [0.1, 0.15) is 50.7 Å². The van der Waals surface area contributed by atoms with Crippen LogP contribution in [0.5, 0.6) is 0 Å². The maximum Gasteiger partial charge on any atom is 0.409 e. The standard InChI is InChI=1S/C18H25F2NO2/c1-4-5-17(20)23-18(22)21-12-15(11-19)10-14-6-8-16(9-7-14)13(2)3/h6-9,11,13,17H,4-5,10,12H2,1-3H3,(H,21,22). The van der Waals surface area contributed by atoms with E-state index in [0.29, 0.717) is 30.7 Å². The number of rotatable bonds is 8. The molecule has 5 heteroatoms. The summed E-state index contributed by atoms with van der Waals surface area (Å²) in [7, 11) is 0. The van der Waals surface area contributed by atoms with Crippen LogP contribution in [0.25, 0.3) is 0 Å². The van der Waals surface area contributed by atoms with Crippen LogP contribution >= 0.6 is 0 Å². The van der Waals surface area contributed by atoms with E-state index in [9.17, 15) is 13.6 Å². The summed E-state index contributed by atoms with van der Waals surface area (Å²) in [5, 5.41) is 2.36. The van der Waals surface area contributed by atoms with Crippen molar-refractivity contribution in [3.05, 3.63) is 47.3 Å². The van der Waals surface area contributed by atoms with E-state index >= 15 is 0 Å². The van der Waals surface area contributed by atoms with Gasteiger partial charge in [0.2, 0.25) is 6.36 Å². The number of halogens is 2. The molecule has 0 aliphatic carbocycles. The lowest BCUT2D eigenvalue weighted by molar-refractivity contribution is 0.00858. The van der Waals surface area contributed by atoms with E-state index in [0.717, 1.165) is 5.56 Å². The van der Waals surface area contributed by atoms with E-state index in [4.69, 9.17) is 0 Å². The van der Waals surface area contributed by atoms with Crippen LogP contribution in [0.3, 0.4) is 0 Å². The second-order valence-electron chi connectivity index (χ2n) is 5.80. The van der Waals surface area contributed by atoms with Gasteiger partial charge in [0.25, 0.3) is 0 Å². The molecular formula is C18H25F2NO2. The first-order valence-corrected chi connectivity index (χ1v) is 7.91. The average molecular weight is 325 g/mol. The van der Waals surface area contributed by atoms with E-state index in [2.05, 4.69) is 23.9 Å². The third-order valence-electron chi connectivity index (χ3n) is 3.44. The number of alkyl halides is 1. The van der Waals surface area contributed by atoms with Gasteiger partial charge < -0.3 is 10.1 Å². The zero-order valence-corrected chi connectivity index (χ0v) is 13.9. The van der Waals surface area contributed by atoms with Gasteiger partial charge in [0, 0.05) is 13.0 Å².